The quantitative estimate of drug-likeness (QED) is 0.419. The number of methoxy groups -OCH3 is 1. The first-order valence-electron chi connectivity index (χ1n) is 11.3. The van der Waals surface area contributed by atoms with Gasteiger partial charge in [-0.05, 0) is 73.7 Å². The van der Waals surface area contributed by atoms with E-state index in [4.69, 9.17) is 9.47 Å². The summed E-state index contributed by atoms with van der Waals surface area (Å²) in [4.78, 5) is 15.7. The van der Waals surface area contributed by atoms with Gasteiger partial charge in [0.15, 0.2) is 0 Å². The van der Waals surface area contributed by atoms with Crippen molar-refractivity contribution in [2.75, 3.05) is 13.7 Å². The van der Waals surface area contributed by atoms with E-state index in [-0.39, 0.29) is 24.6 Å². The van der Waals surface area contributed by atoms with Gasteiger partial charge in [-0.3, -0.25) is 0 Å². The predicted molar refractivity (Wildman–Crippen MR) is 131 cm³/mol. The summed E-state index contributed by atoms with van der Waals surface area (Å²) in [5, 5.41) is 0. The molecule has 7 nitrogen and oxygen atoms in total. The molecule has 0 saturated carbocycles. The highest BCUT2D eigenvalue weighted by molar-refractivity contribution is 7.89. The molecule has 182 valence electrons. The molecule has 0 aliphatic rings. The molecular formula is C26H32N2O5S. The van der Waals surface area contributed by atoms with Gasteiger partial charge in [-0.25, -0.2) is 13.2 Å². The minimum absolute atomic E-state index is 0.0793. The number of H-pyrrole nitrogens is 1. The number of nitrogens with one attached hydrogen (secondary N) is 1. The van der Waals surface area contributed by atoms with Gasteiger partial charge in [0.25, 0.3) is 0 Å². The van der Waals surface area contributed by atoms with Crippen LogP contribution in [0.1, 0.15) is 52.3 Å². The Morgan fingerprint density at radius 1 is 0.912 bits per heavy atom. The fraction of sp³-hybridized carbons (Fsp3) is 0.346. The van der Waals surface area contributed by atoms with Crippen LogP contribution < -0.4 is 4.74 Å². The fourth-order valence-electron chi connectivity index (χ4n) is 3.70. The van der Waals surface area contributed by atoms with E-state index in [1.165, 1.54) is 4.31 Å². The molecule has 0 bridgehead atoms. The van der Waals surface area contributed by atoms with E-state index in [0.717, 1.165) is 28.7 Å². The van der Waals surface area contributed by atoms with Gasteiger partial charge in [-0.15, -0.1) is 0 Å². The third kappa shape index (κ3) is 5.51. The summed E-state index contributed by atoms with van der Waals surface area (Å²) in [5.41, 5.74) is 4.48. The second kappa shape index (κ2) is 10.9. The Morgan fingerprint density at radius 2 is 1.53 bits per heavy atom. The zero-order valence-electron chi connectivity index (χ0n) is 20.3. The molecule has 1 aromatic heterocycles. The van der Waals surface area contributed by atoms with Crippen molar-refractivity contribution in [3.05, 3.63) is 82.2 Å². The Hall–Kier alpha value is -3.10. The average Bonchev–Trinajstić information content (AvgIpc) is 3.13. The van der Waals surface area contributed by atoms with Gasteiger partial charge in [0.1, 0.15) is 11.4 Å². The van der Waals surface area contributed by atoms with Crippen LogP contribution in [0.2, 0.25) is 0 Å². The van der Waals surface area contributed by atoms with Crippen LogP contribution in [0.5, 0.6) is 5.75 Å². The maximum absolute atomic E-state index is 13.7. The lowest BCUT2D eigenvalue weighted by Gasteiger charge is -2.23. The molecular weight excluding hydrogens is 452 g/mol. The van der Waals surface area contributed by atoms with E-state index in [1.807, 2.05) is 45.0 Å². The van der Waals surface area contributed by atoms with Gasteiger partial charge >= 0.3 is 5.97 Å². The van der Waals surface area contributed by atoms with E-state index >= 15 is 0 Å². The molecule has 34 heavy (non-hydrogen) atoms. The molecule has 0 saturated heterocycles. The minimum Gasteiger partial charge on any atom is -0.497 e. The lowest BCUT2D eigenvalue weighted by atomic mass is 10.1. The SMILES string of the molecule is CCOC(=O)c1[nH]c(CN(Cc2ccc(OC)cc2)S(=O)(=O)c2ccc(CC)cc2)c(C)c1C. The van der Waals surface area contributed by atoms with E-state index in [1.54, 1.807) is 38.3 Å². The maximum atomic E-state index is 13.7. The van der Waals surface area contributed by atoms with Crippen LogP contribution in [0, 0.1) is 13.8 Å². The smallest absolute Gasteiger partial charge is 0.355 e. The van der Waals surface area contributed by atoms with Crippen molar-refractivity contribution in [1.29, 1.82) is 0 Å². The molecule has 2 aromatic carbocycles. The van der Waals surface area contributed by atoms with Crippen LogP contribution >= 0.6 is 0 Å². The molecule has 8 heteroatoms. The Balaban J connectivity index is 2.00. The number of benzene rings is 2. The van der Waals surface area contributed by atoms with Gasteiger partial charge in [0, 0.05) is 12.2 Å². The highest BCUT2D eigenvalue weighted by atomic mass is 32.2. The fourth-order valence-corrected chi connectivity index (χ4v) is 5.10. The van der Waals surface area contributed by atoms with Gasteiger partial charge in [0.2, 0.25) is 10.0 Å². The van der Waals surface area contributed by atoms with Crippen molar-refractivity contribution < 1.29 is 22.7 Å². The Morgan fingerprint density at radius 3 is 2.09 bits per heavy atom. The van der Waals surface area contributed by atoms with E-state index in [9.17, 15) is 13.2 Å². The number of aryl methyl sites for hydroxylation is 1. The highest BCUT2D eigenvalue weighted by Crippen LogP contribution is 2.26. The number of rotatable bonds is 10. The first-order valence-corrected chi connectivity index (χ1v) is 12.7. The largest absolute Gasteiger partial charge is 0.497 e. The molecule has 0 atom stereocenters. The topological polar surface area (TPSA) is 88.7 Å². The average molecular weight is 485 g/mol. The van der Waals surface area contributed by atoms with Gasteiger partial charge < -0.3 is 14.5 Å². The van der Waals surface area contributed by atoms with Crippen LogP contribution in [-0.4, -0.2) is 37.4 Å². The van der Waals surface area contributed by atoms with Crippen LogP contribution in [0.25, 0.3) is 0 Å². The summed E-state index contributed by atoms with van der Waals surface area (Å²) in [5.74, 6) is 0.247. The number of aromatic amines is 1. The normalized spacial score (nSPS) is 11.6. The van der Waals surface area contributed by atoms with Crippen molar-refractivity contribution >= 4 is 16.0 Å². The van der Waals surface area contributed by atoms with Crippen LogP contribution in [-0.2, 0) is 34.3 Å². The predicted octanol–water partition coefficient (Wildman–Crippen LogP) is 4.77. The second-order valence-corrected chi connectivity index (χ2v) is 10.0. The van der Waals surface area contributed by atoms with Crippen molar-refractivity contribution in [2.45, 2.75) is 52.1 Å². The van der Waals surface area contributed by atoms with Gasteiger partial charge in [-0.2, -0.15) is 4.31 Å². The molecule has 3 rings (SSSR count). The van der Waals surface area contributed by atoms with Crippen LogP contribution in [0.4, 0.5) is 0 Å². The first-order chi connectivity index (χ1) is 16.2. The summed E-state index contributed by atoms with van der Waals surface area (Å²) in [6, 6.07) is 14.3. The molecule has 1 N–H and O–H groups in total. The molecule has 3 aromatic rings. The lowest BCUT2D eigenvalue weighted by molar-refractivity contribution is 0.0519. The molecule has 0 unspecified atom stereocenters. The molecule has 0 fully saturated rings. The van der Waals surface area contributed by atoms with Crippen LogP contribution in [0.3, 0.4) is 0 Å². The van der Waals surface area contributed by atoms with E-state index in [2.05, 4.69) is 4.98 Å². The zero-order chi connectivity index (χ0) is 24.9. The monoisotopic (exact) mass is 484 g/mol. The van der Waals surface area contributed by atoms with Crippen molar-refractivity contribution in [1.82, 2.24) is 9.29 Å². The maximum Gasteiger partial charge on any atom is 0.355 e. The number of hydrogen-bond donors (Lipinski definition) is 1. The lowest BCUT2D eigenvalue weighted by Crippen LogP contribution is -2.30. The molecule has 0 amide bonds. The summed E-state index contributed by atoms with van der Waals surface area (Å²) in [7, 11) is -2.24. The summed E-state index contributed by atoms with van der Waals surface area (Å²) in [6.45, 7) is 7.97. The van der Waals surface area contributed by atoms with E-state index < -0.39 is 16.0 Å². The number of sulfonamides is 1. The molecule has 1 heterocycles. The summed E-state index contributed by atoms with van der Waals surface area (Å²) >= 11 is 0. The van der Waals surface area contributed by atoms with Gasteiger partial charge in [-0.1, -0.05) is 31.2 Å². The summed E-state index contributed by atoms with van der Waals surface area (Å²) < 4.78 is 39.2. The second-order valence-electron chi connectivity index (χ2n) is 8.07. The third-order valence-corrected chi connectivity index (χ3v) is 7.77. The van der Waals surface area contributed by atoms with Crippen molar-refractivity contribution in [2.24, 2.45) is 0 Å². The standard InChI is InChI=1S/C26H32N2O5S/c1-6-20-10-14-23(15-11-20)34(30,31)28(16-21-8-12-22(32-5)13-9-21)17-24-18(3)19(4)25(27-24)26(29)33-7-2/h8-15,27H,6-7,16-17H2,1-5H3. The molecule has 0 aliphatic carbocycles. The number of ether oxygens (including phenoxy) is 2. The Bertz CT molecular complexity index is 1230. The van der Waals surface area contributed by atoms with Gasteiger partial charge in [0.05, 0.1) is 25.2 Å². The minimum atomic E-state index is -3.82. The number of carbonyl (C=O) groups excluding carboxylic acids is 1. The van der Waals surface area contributed by atoms with Crippen LogP contribution in [0.15, 0.2) is 53.4 Å². The molecule has 0 aliphatic heterocycles. The Labute approximate surface area is 201 Å². The zero-order valence-corrected chi connectivity index (χ0v) is 21.2. The number of hydrogen-bond acceptors (Lipinski definition) is 5. The number of nitrogens with zero attached hydrogens (tertiary/aromatic N) is 1. The number of aromatic nitrogens is 1. The first kappa shape index (κ1) is 25.5. The van der Waals surface area contributed by atoms with Crippen molar-refractivity contribution in [3.8, 4) is 5.75 Å². The third-order valence-electron chi connectivity index (χ3n) is 5.97. The highest BCUT2D eigenvalue weighted by Gasteiger charge is 2.28. The number of esters is 1. The number of carbonyl (C=O) groups is 1. The molecule has 0 radical (unpaired) electrons. The summed E-state index contributed by atoms with van der Waals surface area (Å²) in [6.07, 6.45) is 0.827. The Kier molecular flexibility index (Phi) is 8.17. The van der Waals surface area contributed by atoms with E-state index in [0.29, 0.717) is 17.1 Å². The van der Waals surface area contributed by atoms with Crippen molar-refractivity contribution in [3.63, 3.8) is 0 Å². The molecule has 0 spiro atoms.